The number of rotatable bonds is 0. The average molecular weight is 133 g/mol. The predicted molar refractivity (Wildman–Crippen MR) is 37.7 cm³/mol. The molecule has 3 heteroatoms. The maximum absolute atomic E-state index is 4.14. The second-order valence-electron chi connectivity index (χ2n) is 2.22. The summed E-state index contributed by atoms with van der Waals surface area (Å²) in [5.41, 5.74) is 2.02. The Morgan fingerprint density at radius 3 is 3.10 bits per heavy atom. The van der Waals surface area contributed by atoms with Crippen molar-refractivity contribution in [2.24, 2.45) is 0 Å². The van der Waals surface area contributed by atoms with Gasteiger partial charge >= 0.3 is 0 Å². The molecular weight excluding hydrogens is 126 g/mol. The van der Waals surface area contributed by atoms with Crippen LogP contribution in [0.1, 0.15) is 5.69 Å². The lowest BCUT2D eigenvalue weighted by atomic mass is 10.4. The molecule has 0 saturated carbocycles. The van der Waals surface area contributed by atoms with Crippen LogP contribution in [0.3, 0.4) is 0 Å². The third-order valence-electron chi connectivity index (χ3n) is 1.40. The van der Waals surface area contributed by atoms with Crippen LogP contribution in [-0.2, 0) is 0 Å². The predicted octanol–water partition coefficient (Wildman–Crippen LogP) is 1.04. The Balaban J connectivity index is 2.86. The molecular formula is C7H7N3. The molecule has 10 heavy (non-hydrogen) atoms. The topological polar surface area (TPSA) is 30.2 Å². The second-order valence-corrected chi connectivity index (χ2v) is 2.22. The summed E-state index contributed by atoms with van der Waals surface area (Å²) in [5.74, 6) is 0. The lowest BCUT2D eigenvalue weighted by molar-refractivity contribution is 0.781. The summed E-state index contributed by atoms with van der Waals surface area (Å²) in [7, 11) is 0. The van der Waals surface area contributed by atoms with E-state index in [4.69, 9.17) is 0 Å². The largest absolute Gasteiger partial charge is 0.158 e. The molecule has 0 aliphatic carbocycles. The molecule has 0 spiro atoms. The molecule has 0 fully saturated rings. The maximum atomic E-state index is 4.14. The van der Waals surface area contributed by atoms with E-state index in [2.05, 4.69) is 10.2 Å². The average Bonchev–Trinajstić information content (AvgIpc) is 2.33. The van der Waals surface area contributed by atoms with E-state index in [1.807, 2.05) is 25.1 Å². The highest BCUT2D eigenvalue weighted by molar-refractivity contribution is 5.43. The van der Waals surface area contributed by atoms with Crippen molar-refractivity contribution < 1.29 is 0 Å². The SMILES string of the molecule is Cc1ccc2ccnn2n1. The Morgan fingerprint density at radius 1 is 1.30 bits per heavy atom. The van der Waals surface area contributed by atoms with Crippen LogP contribution in [0.25, 0.3) is 5.52 Å². The summed E-state index contributed by atoms with van der Waals surface area (Å²) >= 11 is 0. The molecule has 0 unspecified atom stereocenters. The Labute approximate surface area is 58.3 Å². The fraction of sp³-hybridized carbons (Fsp3) is 0.143. The summed E-state index contributed by atoms with van der Waals surface area (Å²) in [6.07, 6.45) is 1.74. The molecule has 0 saturated heterocycles. The minimum Gasteiger partial charge on any atom is -0.158 e. The zero-order valence-electron chi connectivity index (χ0n) is 5.65. The molecule has 2 heterocycles. The normalized spacial score (nSPS) is 10.5. The van der Waals surface area contributed by atoms with E-state index in [-0.39, 0.29) is 0 Å². The van der Waals surface area contributed by atoms with E-state index in [0.29, 0.717) is 0 Å². The lowest BCUT2D eigenvalue weighted by Crippen LogP contribution is -1.93. The van der Waals surface area contributed by atoms with Crippen LogP contribution in [-0.4, -0.2) is 14.8 Å². The van der Waals surface area contributed by atoms with Crippen molar-refractivity contribution >= 4 is 5.52 Å². The fourth-order valence-corrected chi connectivity index (χ4v) is 0.901. The van der Waals surface area contributed by atoms with Gasteiger partial charge in [0.15, 0.2) is 0 Å². The Kier molecular flexibility index (Phi) is 0.974. The summed E-state index contributed by atoms with van der Waals surface area (Å²) in [5, 5.41) is 8.13. The highest BCUT2D eigenvalue weighted by Gasteiger charge is 1.91. The van der Waals surface area contributed by atoms with Crippen molar-refractivity contribution in [3.8, 4) is 0 Å². The van der Waals surface area contributed by atoms with Crippen LogP contribution in [0.15, 0.2) is 24.4 Å². The van der Waals surface area contributed by atoms with Crippen LogP contribution < -0.4 is 0 Å². The minimum atomic E-state index is 0.983. The van der Waals surface area contributed by atoms with Crippen molar-refractivity contribution in [1.29, 1.82) is 0 Å². The maximum Gasteiger partial charge on any atom is 0.0873 e. The first-order valence-corrected chi connectivity index (χ1v) is 3.14. The first kappa shape index (κ1) is 5.41. The van der Waals surface area contributed by atoms with Gasteiger partial charge in [0.1, 0.15) is 0 Å². The molecule has 2 aromatic rings. The van der Waals surface area contributed by atoms with Crippen molar-refractivity contribution in [2.45, 2.75) is 6.92 Å². The number of aromatic nitrogens is 3. The first-order valence-electron chi connectivity index (χ1n) is 3.14. The fourth-order valence-electron chi connectivity index (χ4n) is 0.901. The van der Waals surface area contributed by atoms with Gasteiger partial charge in [0, 0.05) is 0 Å². The highest BCUT2D eigenvalue weighted by atomic mass is 15.4. The lowest BCUT2D eigenvalue weighted by Gasteiger charge is -1.91. The third kappa shape index (κ3) is 0.673. The van der Waals surface area contributed by atoms with Gasteiger partial charge in [-0.15, -0.1) is 0 Å². The van der Waals surface area contributed by atoms with Gasteiger partial charge in [0.05, 0.1) is 17.4 Å². The Bertz CT molecular complexity index is 350. The first-order chi connectivity index (χ1) is 4.86. The molecule has 0 amide bonds. The van der Waals surface area contributed by atoms with E-state index >= 15 is 0 Å². The number of nitrogens with zero attached hydrogens (tertiary/aromatic N) is 3. The Hall–Kier alpha value is -1.38. The van der Waals surface area contributed by atoms with Crippen molar-refractivity contribution in [3.05, 3.63) is 30.1 Å². The van der Waals surface area contributed by atoms with Gasteiger partial charge in [-0.25, -0.2) is 0 Å². The molecule has 0 aliphatic heterocycles. The van der Waals surface area contributed by atoms with Gasteiger partial charge in [-0.1, -0.05) is 0 Å². The van der Waals surface area contributed by atoms with Crippen LogP contribution in [0.2, 0.25) is 0 Å². The van der Waals surface area contributed by atoms with Gasteiger partial charge in [0.25, 0.3) is 0 Å². The molecule has 50 valence electrons. The van der Waals surface area contributed by atoms with Crippen LogP contribution in [0.5, 0.6) is 0 Å². The van der Waals surface area contributed by atoms with Crippen molar-refractivity contribution in [2.75, 3.05) is 0 Å². The zero-order valence-corrected chi connectivity index (χ0v) is 5.65. The van der Waals surface area contributed by atoms with Gasteiger partial charge in [-0.2, -0.15) is 14.8 Å². The quantitative estimate of drug-likeness (QED) is 0.537. The van der Waals surface area contributed by atoms with Gasteiger partial charge in [-0.05, 0) is 25.1 Å². The van der Waals surface area contributed by atoms with Crippen molar-refractivity contribution in [1.82, 2.24) is 14.8 Å². The molecule has 0 atom stereocenters. The monoisotopic (exact) mass is 133 g/mol. The Morgan fingerprint density at radius 2 is 2.20 bits per heavy atom. The molecule has 2 rings (SSSR count). The number of hydrogen-bond acceptors (Lipinski definition) is 2. The van der Waals surface area contributed by atoms with E-state index in [1.165, 1.54) is 0 Å². The molecule has 3 nitrogen and oxygen atoms in total. The molecule has 0 N–H and O–H groups in total. The standard InChI is InChI=1S/C7H7N3/c1-6-2-3-7-4-5-8-10(7)9-6/h2-5H,1H3. The smallest absolute Gasteiger partial charge is 0.0873 e. The molecule has 2 aromatic heterocycles. The van der Waals surface area contributed by atoms with Crippen LogP contribution in [0, 0.1) is 6.92 Å². The van der Waals surface area contributed by atoms with Gasteiger partial charge < -0.3 is 0 Å². The number of aryl methyl sites for hydroxylation is 1. The van der Waals surface area contributed by atoms with Crippen LogP contribution in [0.4, 0.5) is 0 Å². The highest BCUT2D eigenvalue weighted by Crippen LogP contribution is 1.99. The van der Waals surface area contributed by atoms with Gasteiger partial charge in [-0.3, -0.25) is 0 Å². The van der Waals surface area contributed by atoms with E-state index in [0.717, 1.165) is 11.2 Å². The second kappa shape index (κ2) is 1.80. The van der Waals surface area contributed by atoms with Crippen LogP contribution >= 0.6 is 0 Å². The molecule has 0 aromatic carbocycles. The summed E-state index contributed by atoms with van der Waals surface area (Å²) < 4.78 is 1.62. The van der Waals surface area contributed by atoms with E-state index in [1.54, 1.807) is 10.8 Å². The number of fused-ring (bicyclic) bond motifs is 1. The summed E-state index contributed by atoms with van der Waals surface area (Å²) in [4.78, 5) is 0. The molecule has 0 bridgehead atoms. The van der Waals surface area contributed by atoms with E-state index in [9.17, 15) is 0 Å². The van der Waals surface area contributed by atoms with Crippen molar-refractivity contribution in [3.63, 3.8) is 0 Å². The minimum absolute atomic E-state index is 0.983. The zero-order chi connectivity index (χ0) is 6.97. The number of hydrogen-bond donors (Lipinski definition) is 0. The van der Waals surface area contributed by atoms with Gasteiger partial charge in [0.2, 0.25) is 0 Å². The summed E-state index contributed by atoms with van der Waals surface area (Å²) in [6, 6.07) is 5.89. The summed E-state index contributed by atoms with van der Waals surface area (Å²) in [6.45, 7) is 1.95. The third-order valence-corrected chi connectivity index (χ3v) is 1.40. The molecule has 0 aliphatic rings. The molecule has 0 radical (unpaired) electrons. The van der Waals surface area contributed by atoms with E-state index < -0.39 is 0 Å².